The van der Waals surface area contributed by atoms with Crippen molar-refractivity contribution in [2.45, 2.75) is 6.92 Å². The summed E-state index contributed by atoms with van der Waals surface area (Å²) in [6.45, 7) is 1.73. The van der Waals surface area contributed by atoms with Crippen LogP contribution in [0.2, 0.25) is 0 Å². The van der Waals surface area contributed by atoms with Gasteiger partial charge >= 0.3 is 0 Å². The molecule has 0 radical (unpaired) electrons. The molecule has 1 heterocycles. The first-order chi connectivity index (χ1) is 8.56. The quantitative estimate of drug-likeness (QED) is 0.632. The number of benzene rings is 1. The van der Waals surface area contributed by atoms with E-state index in [4.69, 9.17) is 0 Å². The molecule has 0 unspecified atom stereocenters. The Morgan fingerprint density at radius 3 is 2.72 bits per heavy atom. The monoisotopic (exact) mass is 246 g/mol. The number of amides is 1. The second kappa shape index (κ2) is 4.83. The summed E-state index contributed by atoms with van der Waals surface area (Å²) in [6.07, 6.45) is 1.16. The highest BCUT2D eigenvalue weighted by atomic mass is 19.1. The standard InChI is InChI=1S/C13H11FN2O2/c1-8-6-10(3-4-11(8)17)16-13(18)9-2-5-12(14)15-7-9/h2-7,17H,1H3,(H,16,18). The summed E-state index contributed by atoms with van der Waals surface area (Å²) in [5, 5.41) is 12.0. The molecule has 0 aliphatic rings. The molecule has 18 heavy (non-hydrogen) atoms. The van der Waals surface area contributed by atoms with Crippen LogP contribution in [0, 0.1) is 12.9 Å². The van der Waals surface area contributed by atoms with Crippen molar-refractivity contribution < 1.29 is 14.3 Å². The molecular formula is C13H11FN2O2. The van der Waals surface area contributed by atoms with E-state index in [9.17, 15) is 14.3 Å². The molecule has 1 aromatic heterocycles. The Balaban J connectivity index is 2.16. The molecule has 1 aromatic carbocycles. The Hall–Kier alpha value is -2.43. The minimum absolute atomic E-state index is 0.163. The Morgan fingerprint density at radius 1 is 1.33 bits per heavy atom. The highest BCUT2D eigenvalue weighted by molar-refractivity contribution is 6.04. The van der Waals surface area contributed by atoms with Gasteiger partial charge in [-0.2, -0.15) is 4.39 Å². The van der Waals surface area contributed by atoms with Crippen LogP contribution in [-0.2, 0) is 0 Å². The van der Waals surface area contributed by atoms with Crippen LogP contribution in [-0.4, -0.2) is 16.0 Å². The van der Waals surface area contributed by atoms with E-state index in [2.05, 4.69) is 10.3 Å². The molecule has 0 spiro atoms. The average molecular weight is 246 g/mol. The SMILES string of the molecule is Cc1cc(NC(=O)c2ccc(F)nc2)ccc1O. The van der Waals surface area contributed by atoms with Crippen LogP contribution in [0.5, 0.6) is 5.75 Å². The van der Waals surface area contributed by atoms with Crippen LogP contribution in [0.15, 0.2) is 36.5 Å². The Kier molecular flexibility index (Phi) is 3.23. The fourth-order valence-electron chi connectivity index (χ4n) is 1.45. The molecular weight excluding hydrogens is 235 g/mol. The fraction of sp³-hybridized carbons (Fsp3) is 0.0769. The predicted octanol–water partition coefficient (Wildman–Crippen LogP) is 2.49. The summed E-state index contributed by atoms with van der Waals surface area (Å²) >= 11 is 0. The van der Waals surface area contributed by atoms with Crippen LogP contribution in [0.1, 0.15) is 15.9 Å². The summed E-state index contributed by atoms with van der Waals surface area (Å²) in [5.41, 5.74) is 1.48. The Labute approximate surface area is 103 Å². The van der Waals surface area contributed by atoms with Gasteiger partial charge in [0.25, 0.3) is 5.91 Å². The maximum atomic E-state index is 12.6. The van der Waals surface area contributed by atoms with Crippen molar-refractivity contribution in [2.24, 2.45) is 0 Å². The number of aromatic nitrogens is 1. The van der Waals surface area contributed by atoms with E-state index in [1.54, 1.807) is 19.1 Å². The van der Waals surface area contributed by atoms with Crippen molar-refractivity contribution >= 4 is 11.6 Å². The second-order valence-corrected chi connectivity index (χ2v) is 3.82. The van der Waals surface area contributed by atoms with E-state index in [-0.39, 0.29) is 17.2 Å². The number of hydrogen-bond acceptors (Lipinski definition) is 3. The van der Waals surface area contributed by atoms with E-state index < -0.39 is 5.95 Å². The highest BCUT2D eigenvalue weighted by Crippen LogP contribution is 2.20. The molecule has 0 bridgehead atoms. The van der Waals surface area contributed by atoms with Gasteiger partial charge in [-0.1, -0.05) is 0 Å². The molecule has 0 fully saturated rings. The number of rotatable bonds is 2. The number of phenols is 1. The van der Waals surface area contributed by atoms with E-state index in [1.807, 2.05) is 0 Å². The maximum Gasteiger partial charge on any atom is 0.257 e. The molecule has 2 aromatic rings. The molecule has 1 amide bonds. The van der Waals surface area contributed by atoms with Gasteiger partial charge < -0.3 is 10.4 Å². The first kappa shape index (κ1) is 12.0. The number of carbonyl (C=O) groups excluding carboxylic acids is 1. The molecule has 2 N–H and O–H groups in total. The number of nitrogens with zero attached hydrogens (tertiary/aromatic N) is 1. The molecule has 0 atom stereocenters. The molecule has 92 valence electrons. The van der Waals surface area contributed by atoms with Crippen molar-refractivity contribution in [3.05, 3.63) is 53.6 Å². The molecule has 4 nitrogen and oxygen atoms in total. The van der Waals surface area contributed by atoms with E-state index in [0.29, 0.717) is 11.3 Å². The van der Waals surface area contributed by atoms with E-state index in [1.165, 1.54) is 12.1 Å². The van der Waals surface area contributed by atoms with Crippen molar-refractivity contribution in [2.75, 3.05) is 5.32 Å². The smallest absolute Gasteiger partial charge is 0.257 e. The molecule has 2 rings (SSSR count). The number of hydrogen-bond donors (Lipinski definition) is 2. The third-order valence-electron chi connectivity index (χ3n) is 2.44. The number of anilines is 1. The predicted molar refractivity (Wildman–Crippen MR) is 65.0 cm³/mol. The van der Waals surface area contributed by atoms with E-state index in [0.717, 1.165) is 12.3 Å². The highest BCUT2D eigenvalue weighted by Gasteiger charge is 2.07. The van der Waals surface area contributed by atoms with Crippen LogP contribution < -0.4 is 5.32 Å². The maximum absolute atomic E-state index is 12.6. The molecule has 0 saturated heterocycles. The minimum atomic E-state index is -0.632. The number of carbonyl (C=O) groups is 1. The van der Waals surface area contributed by atoms with E-state index >= 15 is 0 Å². The zero-order valence-corrected chi connectivity index (χ0v) is 9.64. The van der Waals surface area contributed by atoms with Crippen molar-refractivity contribution in [1.29, 1.82) is 0 Å². The summed E-state index contributed by atoms with van der Waals surface area (Å²) in [6, 6.07) is 7.19. The molecule has 0 aliphatic carbocycles. The number of pyridine rings is 1. The minimum Gasteiger partial charge on any atom is -0.508 e. The lowest BCUT2D eigenvalue weighted by Crippen LogP contribution is -2.12. The first-order valence-corrected chi connectivity index (χ1v) is 5.29. The van der Waals surface area contributed by atoms with Crippen LogP contribution in [0.4, 0.5) is 10.1 Å². The fourth-order valence-corrected chi connectivity index (χ4v) is 1.45. The topological polar surface area (TPSA) is 62.2 Å². The lowest BCUT2D eigenvalue weighted by Gasteiger charge is -2.06. The third kappa shape index (κ3) is 2.63. The summed E-state index contributed by atoms with van der Waals surface area (Å²) < 4.78 is 12.6. The third-order valence-corrected chi connectivity index (χ3v) is 2.44. The summed E-state index contributed by atoms with van der Waals surface area (Å²) in [4.78, 5) is 15.2. The Bertz CT molecular complexity index is 582. The van der Waals surface area contributed by atoms with Crippen molar-refractivity contribution in [3.63, 3.8) is 0 Å². The largest absolute Gasteiger partial charge is 0.508 e. The van der Waals surface area contributed by atoms with Gasteiger partial charge in [-0.05, 0) is 42.8 Å². The van der Waals surface area contributed by atoms with Crippen LogP contribution in [0.3, 0.4) is 0 Å². The summed E-state index contributed by atoms with van der Waals surface area (Å²) in [5.74, 6) is -0.851. The summed E-state index contributed by atoms with van der Waals surface area (Å²) in [7, 11) is 0. The van der Waals surface area contributed by atoms with Gasteiger partial charge in [0.1, 0.15) is 5.75 Å². The van der Waals surface area contributed by atoms with Gasteiger partial charge in [-0.3, -0.25) is 4.79 Å². The lowest BCUT2D eigenvalue weighted by atomic mass is 10.2. The number of aromatic hydroxyl groups is 1. The number of halogens is 1. The normalized spacial score (nSPS) is 10.1. The van der Waals surface area contributed by atoms with Gasteiger partial charge in [-0.25, -0.2) is 4.98 Å². The van der Waals surface area contributed by atoms with Crippen LogP contribution >= 0.6 is 0 Å². The second-order valence-electron chi connectivity index (χ2n) is 3.82. The zero-order chi connectivity index (χ0) is 13.1. The number of phenolic OH excluding ortho intramolecular Hbond substituents is 1. The average Bonchev–Trinajstić information content (AvgIpc) is 2.34. The van der Waals surface area contributed by atoms with Gasteiger partial charge in [0.05, 0.1) is 5.56 Å². The molecule has 0 saturated carbocycles. The number of aryl methyl sites for hydroxylation is 1. The van der Waals surface area contributed by atoms with Gasteiger partial charge in [0.15, 0.2) is 0 Å². The molecule has 0 aliphatic heterocycles. The van der Waals surface area contributed by atoms with Gasteiger partial charge in [0, 0.05) is 11.9 Å². The van der Waals surface area contributed by atoms with Crippen LogP contribution in [0.25, 0.3) is 0 Å². The number of nitrogens with one attached hydrogen (secondary N) is 1. The lowest BCUT2D eigenvalue weighted by molar-refractivity contribution is 0.102. The van der Waals surface area contributed by atoms with Gasteiger partial charge in [-0.15, -0.1) is 0 Å². The Morgan fingerprint density at radius 2 is 2.11 bits per heavy atom. The van der Waals surface area contributed by atoms with Crippen molar-refractivity contribution in [1.82, 2.24) is 4.98 Å². The van der Waals surface area contributed by atoms with Crippen molar-refractivity contribution in [3.8, 4) is 5.75 Å². The molecule has 5 heteroatoms. The first-order valence-electron chi connectivity index (χ1n) is 5.29. The van der Waals surface area contributed by atoms with Gasteiger partial charge in [0.2, 0.25) is 5.95 Å². The zero-order valence-electron chi connectivity index (χ0n) is 9.64.